The van der Waals surface area contributed by atoms with Crippen molar-refractivity contribution in [1.29, 1.82) is 0 Å². The standard InChI is InChI=1S/C11H20F2O2/c1-3-9(2,8-14)10(15)4-6-11(12,13)7-5-10/h14-15H,3-8H2,1-2H3. The molecule has 1 atom stereocenters. The number of hydrogen-bond acceptors (Lipinski definition) is 2. The summed E-state index contributed by atoms with van der Waals surface area (Å²) in [5.74, 6) is -2.64. The van der Waals surface area contributed by atoms with Crippen LogP contribution in [0.4, 0.5) is 8.78 Å². The zero-order valence-corrected chi connectivity index (χ0v) is 9.39. The Balaban J connectivity index is 2.77. The molecule has 0 aromatic heterocycles. The van der Waals surface area contributed by atoms with Crippen molar-refractivity contribution in [2.45, 2.75) is 57.5 Å². The molecule has 0 aliphatic heterocycles. The molecule has 4 heteroatoms. The lowest BCUT2D eigenvalue weighted by atomic mass is 9.64. The third kappa shape index (κ3) is 2.31. The third-order valence-corrected chi connectivity index (χ3v) is 4.06. The van der Waals surface area contributed by atoms with Crippen LogP contribution in [0.25, 0.3) is 0 Å². The van der Waals surface area contributed by atoms with E-state index in [0.29, 0.717) is 6.42 Å². The van der Waals surface area contributed by atoms with Crippen LogP contribution in [0, 0.1) is 5.41 Å². The Morgan fingerprint density at radius 1 is 1.20 bits per heavy atom. The zero-order valence-electron chi connectivity index (χ0n) is 9.39. The first-order valence-electron chi connectivity index (χ1n) is 5.50. The van der Waals surface area contributed by atoms with E-state index in [0.717, 1.165) is 0 Å². The maximum absolute atomic E-state index is 13.0. The lowest BCUT2D eigenvalue weighted by Crippen LogP contribution is -2.52. The molecular formula is C11H20F2O2. The van der Waals surface area contributed by atoms with Gasteiger partial charge in [-0.2, -0.15) is 0 Å². The molecule has 1 saturated carbocycles. The molecule has 1 aliphatic carbocycles. The summed E-state index contributed by atoms with van der Waals surface area (Å²) in [5.41, 5.74) is -1.80. The Morgan fingerprint density at radius 2 is 1.67 bits per heavy atom. The second-order valence-corrected chi connectivity index (χ2v) is 4.96. The quantitative estimate of drug-likeness (QED) is 0.769. The summed E-state index contributed by atoms with van der Waals surface area (Å²) >= 11 is 0. The van der Waals surface area contributed by atoms with Gasteiger partial charge in [-0.1, -0.05) is 13.8 Å². The van der Waals surface area contributed by atoms with Gasteiger partial charge in [0, 0.05) is 18.3 Å². The lowest BCUT2D eigenvalue weighted by molar-refractivity contribution is -0.167. The van der Waals surface area contributed by atoms with Crippen LogP contribution in [-0.2, 0) is 0 Å². The topological polar surface area (TPSA) is 40.5 Å². The van der Waals surface area contributed by atoms with Crippen LogP contribution >= 0.6 is 0 Å². The van der Waals surface area contributed by atoms with Crippen molar-refractivity contribution in [3.8, 4) is 0 Å². The van der Waals surface area contributed by atoms with Crippen molar-refractivity contribution in [1.82, 2.24) is 0 Å². The van der Waals surface area contributed by atoms with Crippen molar-refractivity contribution in [3.63, 3.8) is 0 Å². The number of aliphatic hydroxyl groups excluding tert-OH is 1. The van der Waals surface area contributed by atoms with Gasteiger partial charge in [-0.05, 0) is 19.3 Å². The molecule has 0 aromatic rings. The molecule has 1 rings (SSSR count). The SMILES string of the molecule is CCC(C)(CO)C1(O)CCC(F)(F)CC1. The van der Waals surface area contributed by atoms with Gasteiger partial charge in [0.1, 0.15) is 0 Å². The molecule has 0 amide bonds. The second kappa shape index (κ2) is 3.98. The van der Waals surface area contributed by atoms with Crippen molar-refractivity contribution < 1.29 is 19.0 Å². The first-order valence-corrected chi connectivity index (χ1v) is 5.50. The molecule has 1 aliphatic rings. The lowest BCUT2D eigenvalue weighted by Gasteiger charge is -2.47. The third-order valence-electron chi connectivity index (χ3n) is 4.06. The predicted molar refractivity (Wildman–Crippen MR) is 53.8 cm³/mol. The van der Waals surface area contributed by atoms with E-state index < -0.39 is 16.9 Å². The van der Waals surface area contributed by atoms with Crippen LogP contribution in [0.15, 0.2) is 0 Å². The Kier molecular flexibility index (Phi) is 3.41. The molecule has 0 radical (unpaired) electrons. The zero-order chi connectivity index (χ0) is 11.7. The molecule has 0 saturated heterocycles. The van der Waals surface area contributed by atoms with Gasteiger partial charge in [-0.15, -0.1) is 0 Å². The van der Waals surface area contributed by atoms with Gasteiger partial charge in [0.2, 0.25) is 5.92 Å². The summed E-state index contributed by atoms with van der Waals surface area (Å²) in [6.45, 7) is 3.46. The molecule has 1 fully saturated rings. The fraction of sp³-hybridized carbons (Fsp3) is 1.00. The summed E-state index contributed by atoms with van der Waals surface area (Å²) in [6, 6.07) is 0. The van der Waals surface area contributed by atoms with Gasteiger partial charge in [-0.25, -0.2) is 8.78 Å². The molecule has 2 nitrogen and oxygen atoms in total. The van der Waals surface area contributed by atoms with Gasteiger partial charge in [-0.3, -0.25) is 0 Å². The molecule has 0 heterocycles. The summed E-state index contributed by atoms with van der Waals surface area (Å²) in [5, 5.41) is 19.6. The van der Waals surface area contributed by atoms with Crippen molar-refractivity contribution >= 4 is 0 Å². The van der Waals surface area contributed by atoms with Crippen molar-refractivity contribution in [2.75, 3.05) is 6.61 Å². The molecule has 15 heavy (non-hydrogen) atoms. The van der Waals surface area contributed by atoms with Crippen LogP contribution in [0.5, 0.6) is 0 Å². The molecule has 0 aromatic carbocycles. The van der Waals surface area contributed by atoms with E-state index in [-0.39, 0.29) is 32.3 Å². The molecule has 0 bridgehead atoms. The van der Waals surface area contributed by atoms with E-state index in [1.165, 1.54) is 0 Å². The fourth-order valence-electron chi connectivity index (χ4n) is 2.22. The molecule has 2 N–H and O–H groups in total. The van der Waals surface area contributed by atoms with E-state index in [2.05, 4.69) is 0 Å². The number of aliphatic hydroxyl groups is 2. The summed E-state index contributed by atoms with van der Waals surface area (Å²) in [4.78, 5) is 0. The summed E-state index contributed by atoms with van der Waals surface area (Å²) in [7, 11) is 0. The highest BCUT2D eigenvalue weighted by molar-refractivity contribution is 4.99. The Hall–Kier alpha value is -0.220. The van der Waals surface area contributed by atoms with Crippen molar-refractivity contribution in [2.24, 2.45) is 5.41 Å². The normalized spacial score (nSPS) is 28.4. The van der Waals surface area contributed by atoms with E-state index in [4.69, 9.17) is 0 Å². The van der Waals surface area contributed by atoms with E-state index in [9.17, 15) is 19.0 Å². The summed E-state index contributed by atoms with van der Waals surface area (Å²) in [6.07, 6.45) is 0.180. The molecular weight excluding hydrogens is 202 g/mol. The highest BCUT2D eigenvalue weighted by atomic mass is 19.3. The average Bonchev–Trinajstić information content (AvgIpc) is 2.21. The van der Waals surface area contributed by atoms with Crippen LogP contribution in [0.3, 0.4) is 0 Å². The molecule has 90 valence electrons. The maximum atomic E-state index is 13.0. The number of rotatable bonds is 3. The van der Waals surface area contributed by atoms with Gasteiger partial charge < -0.3 is 10.2 Å². The molecule has 1 unspecified atom stereocenters. The Labute approximate surface area is 89.3 Å². The fourth-order valence-corrected chi connectivity index (χ4v) is 2.22. The summed E-state index contributed by atoms with van der Waals surface area (Å²) < 4.78 is 25.9. The van der Waals surface area contributed by atoms with Gasteiger partial charge in [0.25, 0.3) is 0 Å². The average molecular weight is 222 g/mol. The Bertz CT molecular complexity index is 215. The van der Waals surface area contributed by atoms with Crippen LogP contribution in [0.1, 0.15) is 46.0 Å². The minimum Gasteiger partial charge on any atom is -0.396 e. The van der Waals surface area contributed by atoms with E-state index in [1.54, 1.807) is 6.92 Å². The number of alkyl halides is 2. The Morgan fingerprint density at radius 3 is 2.00 bits per heavy atom. The predicted octanol–water partition coefficient (Wildman–Crippen LogP) is 2.34. The van der Waals surface area contributed by atoms with Gasteiger partial charge >= 0.3 is 0 Å². The van der Waals surface area contributed by atoms with E-state index >= 15 is 0 Å². The van der Waals surface area contributed by atoms with Gasteiger partial charge in [0.05, 0.1) is 12.2 Å². The van der Waals surface area contributed by atoms with Crippen LogP contribution < -0.4 is 0 Å². The van der Waals surface area contributed by atoms with Crippen LogP contribution in [-0.4, -0.2) is 28.3 Å². The number of hydrogen-bond donors (Lipinski definition) is 2. The monoisotopic (exact) mass is 222 g/mol. The minimum atomic E-state index is -2.64. The second-order valence-electron chi connectivity index (χ2n) is 4.96. The maximum Gasteiger partial charge on any atom is 0.248 e. The van der Waals surface area contributed by atoms with Gasteiger partial charge in [0.15, 0.2) is 0 Å². The number of halogens is 2. The smallest absolute Gasteiger partial charge is 0.248 e. The first kappa shape index (κ1) is 12.8. The minimum absolute atomic E-state index is 0.0743. The first-order chi connectivity index (χ1) is 6.79. The van der Waals surface area contributed by atoms with Crippen LogP contribution in [0.2, 0.25) is 0 Å². The largest absolute Gasteiger partial charge is 0.396 e. The molecule has 0 spiro atoms. The van der Waals surface area contributed by atoms with Crippen molar-refractivity contribution in [3.05, 3.63) is 0 Å². The van der Waals surface area contributed by atoms with E-state index in [1.807, 2.05) is 6.92 Å². The highest BCUT2D eigenvalue weighted by Gasteiger charge is 2.51. The highest BCUT2D eigenvalue weighted by Crippen LogP contribution is 2.48.